The highest BCUT2D eigenvalue weighted by Gasteiger charge is 2.24. The van der Waals surface area contributed by atoms with Gasteiger partial charge < -0.3 is 9.47 Å². The number of benzene rings is 1. The molecule has 1 aliphatic heterocycles. The maximum absolute atomic E-state index is 12.6. The van der Waals surface area contributed by atoms with Crippen molar-refractivity contribution in [2.24, 2.45) is 0 Å². The summed E-state index contributed by atoms with van der Waals surface area (Å²) < 4.78 is 3.97. The van der Waals surface area contributed by atoms with Crippen molar-refractivity contribution in [3.8, 4) is 5.69 Å². The summed E-state index contributed by atoms with van der Waals surface area (Å²) in [7, 11) is 0. The maximum Gasteiger partial charge on any atom is 0.222 e. The van der Waals surface area contributed by atoms with Crippen LogP contribution in [-0.4, -0.2) is 43.2 Å². The first-order valence-electron chi connectivity index (χ1n) is 9.14. The molecule has 0 N–H and O–H groups in total. The second-order valence-electron chi connectivity index (χ2n) is 6.77. The lowest BCUT2D eigenvalue weighted by molar-refractivity contribution is -0.132. The molecule has 26 heavy (non-hydrogen) atoms. The number of nitrogens with zero attached hydrogens (tertiary/aromatic N) is 5. The number of aryl methyl sites for hydroxylation is 1. The molecule has 0 saturated carbocycles. The van der Waals surface area contributed by atoms with Crippen LogP contribution in [-0.2, 0) is 11.2 Å². The van der Waals surface area contributed by atoms with Gasteiger partial charge in [-0.25, -0.2) is 9.67 Å². The number of para-hydroxylation sites is 1. The Balaban J connectivity index is 1.33. The van der Waals surface area contributed by atoms with Crippen LogP contribution >= 0.6 is 0 Å². The molecule has 1 fully saturated rings. The Morgan fingerprint density at radius 3 is 2.92 bits per heavy atom. The maximum atomic E-state index is 12.6. The van der Waals surface area contributed by atoms with E-state index >= 15 is 0 Å². The summed E-state index contributed by atoms with van der Waals surface area (Å²) in [6.45, 7) is 1.63. The van der Waals surface area contributed by atoms with Crippen LogP contribution in [0.4, 0.5) is 0 Å². The molecule has 4 rings (SSSR count). The lowest BCUT2D eigenvalue weighted by atomic mass is 10.0. The average molecular weight is 349 g/mol. The summed E-state index contributed by atoms with van der Waals surface area (Å²) >= 11 is 0. The van der Waals surface area contributed by atoms with Gasteiger partial charge in [-0.3, -0.25) is 4.79 Å². The molecule has 0 bridgehead atoms. The summed E-state index contributed by atoms with van der Waals surface area (Å²) in [5.41, 5.74) is 2.12. The van der Waals surface area contributed by atoms with Crippen LogP contribution in [0.3, 0.4) is 0 Å². The van der Waals surface area contributed by atoms with Gasteiger partial charge in [-0.15, -0.1) is 0 Å². The van der Waals surface area contributed by atoms with Gasteiger partial charge in [0.1, 0.15) is 0 Å². The largest absolute Gasteiger partial charge is 0.341 e. The SMILES string of the molecule is O=C(CCc1cnn(-c2ccccc2)c1)N1CCCC(n2ccnc2)C1. The molecular formula is C20H23N5O. The minimum absolute atomic E-state index is 0.224. The second-order valence-corrected chi connectivity index (χ2v) is 6.77. The summed E-state index contributed by atoms with van der Waals surface area (Å²) in [5.74, 6) is 0.224. The molecule has 0 spiro atoms. The third-order valence-electron chi connectivity index (χ3n) is 4.98. The van der Waals surface area contributed by atoms with E-state index in [1.807, 2.05) is 64.8 Å². The predicted molar refractivity (Wildman–Crippen MR) is 99.0 cm³/mol. The fraction of sp³-hybridized carbons (Fsp3) is 0.350. The van der Waals surface area contributed by atoms with E-state index in [1.165, 1.54) is 0 Å². The molecule has 1 saturated heterocycles. The highest BCUT2D eigenvalue weighted by atomic mass is 16.2. The fourth-order valence-corrected chi connectivity index (χ4v) is 3.53. The zero-order valence-corrected chi connectivity index (χ0v) is 14.7. The first-order chi connectivity index (χ1) is 12.8. The molecule has 1 aliphatic rings. The van der Waals surface area contributed by atoms with Gasteiger partial charge in [0.15, 0.2) is 0 Å². The van der Waals surface area contributed by atoms with E-state index in [0.717, 1.165) is 43.6 Å². The molecule has 0 aliphatic carbocycles. The monoisotopic (exact) mass is 349 g/mol. The van der Waals surface area contributed by atoms with E-state index in [4.69, 9.17) is 0 Å². The van der Waals surface area contributed by atoms with Gasteiger partial charge in [-0.2, -0.15) is 5.10 Å². The second kappa shape index (κ2) is 7.56. The lowest BCUT2D eigenvalue weighted by Gasteiger charge is -2.33. The van der Waals surface area contributed by atoms with Gasteiger partial charge in [0, 0.05) is 38.1 Å². The molecule has 3 aromatic rings. The van der Waals surface area contributed by atoms with Crippen molar-refractivity contribution in [3.63, 3.8) is 0 Å². The van der Waals surface area contributed by atoms with Crippen molar-refractivity contribution in [1.29, 1.82) is 0 Å². The first-order valence-corrected chi connectivity index (χ1v) is 9.14. The van der Waals surface area contributed by atoms with E-state index in [0.29, 0.717) is 12.5 Å². The van der Waals surface area contributed by atoms with E-state index in [9.17, 15) is 4.79 Å². The quantitative estimate of drug-likeness (QED) is 0.712. The highest BCUT2D eigenvalue weighted by molar-refractivity contribution is 5.76. The van der Waals surface area contributed by atoms with Crippen molar-refractivity contribution in [1.82, 2.24) is 24.2 Å². The number of imidazole rings is 1. The number of carbonyl (C=O) groups excluding carboxylic acids is 1. The Morgan fingerprint density at radius 1 is 1.23 bits per heavy atom. The van der Waals surface area contributed by atoms with Crippen LogP contribution in [0.15, 0.2) is 61.4 Å². The normalized spacial score (nSPS) is 17.4. The molecule has 0 radical (unpaired) electrons. The number of hydrogen-bond donors (Lipinski definition) is 0. The smallest absolute Gasteiger partial charge is 0.222 e. The van der Waals surface area contributed by atoms with Gasteiger partial charge in [0.25, 0.3) is 0 Å². The minimum Gasteiger partial charge on any atom is -0.341 e. The molecule has 134 valence electrons. The third kappa shape index (κ3) is 3.69. The van der Waals surface area contributed by atoms with Gasteiger partial charge in [-0.05, 0) is 37.0 Å². The molecule has 1 unspecified atom stereocenters. The van der Waals surface area contributed by atoms with Crippen LogP contribution in [0.25, 0.3) is 5.69 Å². The Morgan fingerprint density at radius 2 is 2.12 bits per heavy atom. The summed E-state index contributed by atoms with van der Waals surface area (Å²) in [4.78, 5) is 18.8. The standard InChI is InChI=1S/C20H23N5O/c26-20(23-11-4-7-19(15-23)24-12-10-21-16-24)9-8-17-13-22-25(14-17)18-5-2-1-3-6-18/h1-3,5-6,10,12-14,16,19H,4,7-9,11,15H2. The Bertz CT molecular complexity index is 840. The number of aromatic nitrogens is 4. The predicted octanol–water partition coefficient (Wildman–Crippen LogP) is 2.87. The van der Waals surface area contributed by atoms with Crippen LogP contribution in [0.2, 0.25) is 0 Å². The Hall–Kier alpha value is -2.89. The molecule has 1 atom stereocenters. The van der Waals surface area contributed by atoms with E-state index in [2.05, 4.69) is 14.6 Å². The summed E-state index contributed by atoms with van der Waals surface area (Å²) in [6, 6.07) is 10.4. The van der Waals surface area contributed by atoms with Crippen molar-refractivity contribution < 1.29 is 4.79 Å². The molecule has 3 heterocycles. The number of rotatable bonds is 5. The van der Waals surface area contributed by atoms with E-state index < -0.39 is 0 Å². The zero-order valence-electron chi connectivity index (χ0n) is 14.7. The van der Waals surface area contributed by atoms with Crippen molar-refractivity contribution in [3.05, 3.63) is 67.0 Å². The van der Waals surface area contributed by atoms with Crippen LogP contribution < -0.4 is 0 Å². The topological polar surface area (TPSA) is 56.0 Å². The van der Waals surface area contributed by atoms with Crippen molar-refractivity contribution in [2.45, 2.75) is 31.7 Å². The number of carbonyl (C=O) groups is 1. The number of likely N-dealkylation sites (tertiary alicyclic amines) is 1. The molecular weight excluding hydrogens is 326 g/mol. The van der Waals surface area contributed by atoms with Crippen molar-refractivity contribution >= 4 is 5.91 Å². The van der Waals surface area contributed by atoms with Crippen LogP contribution in [0, 0.1) is 0 Å². The summed E-state index contributed by atoms with van der Waals surface area (Å²) in [5, 5.41) is 4.40. The minimum atomic E-state index is 0.224. The summed E-state index contributed by atoms with van der Waals surface area (Å²) in [6.07, 6.45) is 12.9. The lowest BCUT2D eigenvalue weighted by Crippen LogP contribution is -2.40. The zero-order chi connectivity index (χ0) is 17.8. The van der Waals surface area contributed by atoms with Gasteiger partial charge in [0.2, 0.25) is 5.91 Å². The molecule has 1 amide bonds. The number of amides is 1. The van der Waals surface area contributed by atoms with Gasteiger partial charge in [0.05, 0.1) is 24.3 Å². The van der Waals surface area contributed by atoms with E-state index in [1.54, 1.807) is 6.20 Å². The fourth-order valence-electron chi connectivity index (χ4n) is 3.53. The van der Waals surface area contributed by atoms with Crippen LogP contribution in [0.1, 0.15) is 30.9 Å². The first kappa shape index (κ1) is 16.6. The van der Waals surface area contributed by atoms with Gasteiger partial charge in [-0.1, -0.05) is 18.2 Å². The Labute approximate surface area is 153 Å². The third-order valence-corrected chi connectivity index (χ3v) is 4.98. The van der Waals surface area contributed by atoms with Crippen molar-refractivity contribution in [2.75, 3.05) is 13.1 Å². The molecule has 2 aromatic heterocycles. The van der Waals surface area contributed by atoms with Crippen LogP contribution in [0.5, 0.6) is 0 Å². The average Bonchev–Trinajstić information content (AvgIpc) is 3.39. The van der Waals surface area contributed by atoms with E-state index in [-0.39, 0.29) is 5.91 Å². The highest BCUT2D eigenvalue weighted by Crippen LogP contribution is 2.22. The number of hydrogen-bond acceptors (Lipinski definition) is 3. The van der Waals surface area contributed by atoms with Gasteiger partial charge >= 0.3 is 0 Å². The molecule has 6 nitrogen and oxygen atoms in total. The number of piperidine rings is 1. The molecule has 6 heteroatoms. The molecule has 1 aromatic carbocycles. The Kier molecular flexibility index (Phi) is 4.82.